The van der Waals surface area contributed by atoms with Crippen LogP contribution in [-0.2, 0) is 0 Å². The highest BCUT2D eigenvalue weighted by Crippen LogP contribution is 2.36. The first-order valence-corrected chi connectivity index (χ1v) is 8.10. The fourth-order valence-corrected chi connectivity index (χ4v) is 3.34. The van der Waals surface area contributed by atoms with Gasteiger partial charge in [-0.25, -0.2) is 4.98 Å². The molecule has 0 radical (unpaired) electrons. The van der Waals surface area contributed by atoms with E-state index in [0.29, 0.717) is 17.1 Å². The molecule has 0 saturated carbocycles. The van der Waals surface area contributed by atoms with Gasteiger partial charge in [0.05, 0.1) is 6.04 Å². The molecule has 3 heterocycles. The Hall–Kier alpha value is -2.76. The second-order valence-electron chi connectivity index (χ2n) is 5.95. The number of nitrogens with one attached hydrogen (secondary N) is 1. The van der Waals surface area contributed by atoms with E-state index < -0.39 is 0 Å². The summed E-state index contributed by atoms with van der Waals surface area (Å²) in [7, 11) is 1.84. The second-order valence-corrected chi connectivity index (χ2v) is 5.95. The van der Waals surface area contributed by atoms with Crippen LogP contribution in [0.2, 0.25) is 0 Å². The lowest BCUT2D eigenvalue weighted by Gasteiger charge is -2.25. The van der Waals surface area contributed by atoms with Gasteiger partial charge in [-0.1, -0.05) is 0 Å². The fraction of sp³-hybridized carbons (Fsp3) is 0.333. The third kappa shape index (κ3) is 2.54. The Kier molecular flexibility index (Phi) is 3.72. The molecule has 6 nitrogen and oxygen atoms in total. The molecule has 4 rings (SSSR count). The van der Waals surface area contributed by atoms with Crippen molar-refractivity contribution in [1.29, 1.82) is 0 Å². The zero-order valence-electron chi connectivity index (χ0n) is 13.5. The van der Waals surface area contributed by atoms with E-state index in [1.165, 1.54) is 0 Å². The van der Waals surface area contributed by atoms with Gasteiger partial charge >= 0.3 is 0 Å². The summed E-state index contributed by atoms with van der Waals surface area (Å²) in [6.07, 6.45) is 3.74. The second kappa shape index (κ2) is 6.03. The number of nitrogens with zero attached hydrogens (tertiary/aromatic N) is 2. The lowest BCUT2D eigenvalue weighted by molar-refractivity contribution is 0.0735. The summed E-state index contributed by atoms with van der Waals surface area (Å²) >= 11 is 0. The van der Waals surface area contributed by atoms with Gasteiger partial charge < -0.3 is 19.7 Å². The van der Waals surface area contributed by atoms with E-state index in [1.54, 1.807) is 24.4 Å². The molecule has 24 heavy (non-hydrogen) atoms. The lowest BCUT2D eigenvalue weighted by Crippen LogP contribution is -2.30. The van der Waals surface area contributed by atoms with Crippen LogP contribution in [0.1, 0.15) is 34.8 Å². The zero-order valence-corrected chi connectivity index (χ0v) is 13.5. The molecular weight excluding hydrogens is 306 g/mol. The number of pyridine rings is 1. The van der Waals surface area contributed by atoms with E-state index in [1.807, 2.05) is 24.1 Å². The van der Waals surface area contributed by atoms with Crippen molar-refractivity contribution in [1.82, 2.24) is 9.88 Å². The maximum Gasteiger partial charge on any atom is 0.254 e. The average Bonchev–Trinajstić information content (AvgIpc) is 3.29. The minimum absolute atomic E-state index is 0.0265. The molecule has 1 saturated heterocycles. The van der Waals surface area contributed by atoms with Crippen LogP contribution in [0.25, 0.3) is 0 Å². The summed E-state index contributed by atoms with van der Waals surface area (Å²) in [5.41, 5.74) is 1.75. The molecule has 0 aliphatic carbocycles. The maximum absolute atomic E-state index is 13.0. The molecule has 1 aromatic carbocycles. The summed E-state index contributed by atoms with van der Waals surface area (Å²) in [5.74, 6) is 2.17. The number of likely N-dealkylation sites (tertiary alicyclic amines) is 1. The summed E-state index contributed by atoms with van der Waals surface area (Å²) in [6, 6.07) is 9.44. The quantitative estimate of drug-likeness (QED) is 0.940. The van der Waals surface area contributed by atoms with Gasteiger partial charge in [0.15, 0.2) is 11.5 Å². The molecule has 6 heteroatoms. The predicted molar refractivity (Wildman–Crippen MR) is 89.4 cm³/mol. The van der Waals surface area contributed by atoms with Gasteiger partial charge in [-0.15, -0.1) is 0 Å². The first kappa shape index (κ1) is 14.8. The topological polar surface area (TPSA) is 63.7 Å². The van der Waals surface area contributed by atoms with Crippen LogP contribution in [0.5, 0.6) is 11.5 Å². The van der Waals surface area contributed by atoms with E-state index >= 15 is 0 Å². The van der Waals surface area contributed by atoms with Crippen molar-refractivity contribution in [3.8, 4) is 11.5 Å². The molecule has 1 amide bonds. The van der Waals surface area contributed by atoms with E-state index in [0.717, 1.165) is 30.8 Å². The standard InChI is InChI=1S/C18H19N3O3/c1-19-17-10-12(6-7-20-17)14-3-2-8-21(14)18(22)13-4-5-15-16(9-13)24-11-23-15/h4-7,9-10,14H,2-3,8,11H2,1H3,(H,19,20)/t14-/m0/s1. The number of benzene rings is 1. The molecule has 1 fully saturated rings. The van der Waals surface area contributed by atoms with Crippen LogP contribution in [0.3, 0.4) is 0 Å². The molecule has 2 aliphatic heterocycles. The van der Waals surface area contributed by atoms with Crippen LogP contribution in [0.4, 0.5) is 5.82 Å². The van der Waals surface area contributed by atoms with Crippen molar-refractivity contribution in [2.45, 2.75) is 18.9 Å². The van der Waals surface area contributed by atoms with Crippen LogP contribution in [-0.4, -0.2) is 36.2 Å². The molecule has 0 bridgehead atoms. The summed E-state index contributed by atoms with van der Waals surface area (Å²) < 4.78 is 10.7. The smallest absolute Gasteiger partial charge is 0.254 e. The van der Waals surface area contributed by atoms with Gasteiger partial charge in [-0.3, -0.25) is 4.79 Å². The van der Waals surface area contributed by atoms with Gasteiger partial charge in [0.2, 0.25) is 6.79 Å². The van der Waals surface area contributed by atoms with Gasteiger partial charge in [-0.05, 0) is 48.7 Å². The number of aromatic nitrogens is 1. The number of fused-ring (bicyclic) bond motifs is 1. The first-order valence-electron chi connectivity index (χ1n) is 8.10. The highest BCUT2D eigenvalue weighted by Gasteiger charge is 2.31. The van der Waals surface area contributed by atoms with E-state index in [2.05, 4.69) is 10.3 Å². The molecular formula is C18H19N3O3. The minimum atomic E-state index is 0.0265. The number of hydrogen-bond donors (Lipinski definition) is 1. The van der Waals surface area contributed by atoms with Crippen LogP contribution >= 0.6 is 0 Å². The lowest BCUT2D eigenvalue weighted by atomic mass is 10.0. The first-order chi connectivity index (χ1) is 11.8. The number of hydrogen-bond acceptors (Lipinski definition) is 5. The van der Waals surface area contributed by atoms with Crippen molar-refractivity contribution in [2.75, 3.05) is 25.7 Å². The predicted octanol–water partition coefficient (Wildman–Crippen LogP) is 2.83. The van der Waals surface area contributed by atoms with E-state index in [-0.39, 0.29) is 18.7 Å². The van der Waals surface area contributed by atoms with E-state index in [9.17, 15) is 4.79 Å². The molecule has 124 valence electrons. The summed E-state index contributed by atoms with van der Waals surface area (Å²) in [6.45, 7) is 0.971. The largest absolute Gasteiger partial charge is 0.454 e. The number of rotatable bonds is 3. The van der Waals surface area contributed by atoms with Gasteiger partial charge in [0.1, 0.15) is 5.82 Å². The van der Waals surface area contributed by atoms with Crippen LogP contribution in [0.15, 0.2) is 36.5 Å². The number of ether oxygens (including phenoxy) is 2. The van der Waals surface area contributed by atoms with Crippen molar-refractivity contribution >= 4 is 11.7 Å². The highest BCUT2D eigenvalue weighted by atomic mass is 16.7. The van der Waals surface area contributed by atoms with Crippen LogP contribution < -0.4 is 14.8 Å². The number of carbonyl (C=O) groups is 1. The summed E-state index contributed by atoms with van der Waals surface area (Å²) in [4.78, 5) is 19.2. The Bertz CT molecular complexity index is 778. The summed E-state index contributed by atoms with van der Waals surface area (Å²) in [5, 5.41) is 3.05. The van der Waals surface area contributed by atoms with Gasteiger partial charge in [-0.2, -0.15) is 0 Å². The van der Waals surface area contributed by atoms with Crippen molar-refractivity contribution in [3.63, 3.8) is 0 Å². The average molecular weight is 325 g/mol. The molecule has 2 aliphatic rings. The van der Waals surface area contributed by atoms with E-state index in [4.69, 9.17) is 9.47 Å². The molecule has 0 unspecified atom stereocenters. The number of anilines is 1. The van der Waals surface area contributed by atoms with Crippen molar-refractivity contribution in [2.24, 2.45) is 0 Å². The van der Waals surface area contributed by atoms with Gasteiger partial charge in [0.25, 0.3) is 5.91 Å². The minimum Gasteiger partial charge on any atom is -0.454 e. The SMILES string of the molecule is CNc1cc([C@@H]2CCCN2C(=O)c2ccc3c(c2)OCO3)ccn1. The van der Waals surface area contributed by atoms with Gasteiger partial charge in [0, 0.05) is 25.4 Å². The Morgan fingerprint density at radius 3 is 3.00 bits per heavy atom. The normalized spacial score (nSPS) is 18.7. The third-order valence-corrected chi connectivity index (χ3v) is 4.56. The molecule has 0 spiro atoms. The van der Waals surface area contributed by atoms with Crippen LogP contribution in [0, 0.1) is 0 Å². The third-order valence-electron chi connectivity index (χ3n) is 4.56. The molecule has 1 aromatic heterocycles. The zero-order chi connectivity index (χ0) is 16.5. The highest BCUT2D eigenvalue weighted by molar-refractivity contribution is 5.95. The number of amides is 1. The fourth-order valence-electron chi connectivity index (χ4n) is 3.34. The Morgan fingerprint density at radius 2 is 2.12 bits per heavy atom. The van der Waals surface area contributed by atoms with Crippen molar-refractivity contribution in [3.05, 3.63) is 47.7 Å². The molecule has 1 N–H and O–H groups in total. The molecule has 2 aromatic rings. The Labute approximate surface area is 140 Å². The monoisotopic (exact) mass is 325 g/mol. The Morgan fingerprint density at radius 1 is 1.25 bits per heavy atom. The maximum atomic E-state index is 13.0. The molecule has 1 atom stereocenters. The number of carbonyl (C=O) groups excluding carboxylic acids is 1. The Balaban J connectivity index is 1.61. The van der Waals surface area contributed by atoms with Crippen molar-refractivity contribution < 1.29 is 14.3 Å².